The molecule has 1 aromatic carbocycles. The first kappa shape index (κ1) is 14.0. The van der Waals surface area contributed by atoms with Gasteiger partial charge in [-0.2, -0.15) is 0 Å². The van der Waals surface area contributed by atoms with Crippen LogP contribution in [0.25, 0.3) is 11.3 Å². The van der Waals surface area contributed by atoms with Crippen LogP contribution in [0.1, 0.15) is 31.9 Å². The summed E-state index contributed by atoms with van der Waals surface area (Å²) in [5, 5.41) is 18.2. The summed E-state index contributed by atoms with van der Waals surface area (Å²) in [6.45, 7) is 2.88. The van der Waals surface area contributed by atoms with Gasteiger partial charge in [-0.05, 0) is 18.6 Å². The summed E-state index contributed by atoms with van der Waals surface area (Å²) in [7, 11) is 0. The average molecular weight is 280 g/mol. The van der Waals surface area contributed by atoms with Crippen molar-refractivity contribution in [1.29, 1.82) is 0 Å². The zero-order valence-electron chi connectivity index (χ0n) is 11.0. The highest BCUT2D eigenvalue weighted by Gasteiger charge is 2.13. The van der Waals surface area contributed by atoms with E-state index in [4.69, 9.17) is 11.6 Å². The van der Waals surface area contributed by atoms with Crippen LogP contribution in [-0.4, -0.2) is 20.1 Å². The second-order valence-electron chi connectivity index (χ2n) is 4.48. The monoisotopic (exact) mass is 279 g/mol. The second kappa shape index (κ2) is 6.68. The van der Waals surface area contributed by atoms with Crippen molar-refractivity contribution in [3.63, 3.8) is 0 Å². The molecule has 2 aromatic rings. The summed E-state index contributed by atoms with van der Waals surface area (Å²) < 4.78 is 1.87. The van der Waals surface area contributed by atoms with Crippen LogP contribution in [0.3, 0.4) is 0 Å². The molecule has 4 nitrogen and oxygen atoms in total. The molecule has 0 spiro atoms. The molecule has 0 unspecified atom stereocenters. The van der Waals surface area contributed by atoms with Gasteiger partial charge in [-0.1, -0.05) is 48.7 Å². The number of benzene rings is 1. The molecule has 5 heteroatoms. The lowest BCUT2D eigenvalue weighted by molar-refractivity contribution is 0.277. The van der Waals surface area contributed by atoms with Gasteiger partial charge in [0, 0.05) is 17.1 Å². The van der Waals surface area contributed by atoms with Crippen molar-refractivity contribution in [2.75, 3.05) is 0 Å². The van der Waals surface area contributed by atoms with E-state index in [9.17, 15) is 5.11 Å². The Labute approximate surface area is 118 Å². The van der Waals surface area contributed by atoms with Crippen molar-refractivity contribution in [2.24, 2.45) is 0 Å². The maximum atomic E-state index is 9.38. The molecule has 1 aromatic heterocycles. The third kappa shape index (κ3) is 3.33. The third-order valence-electron chi connectivity index (χ3n) is 3.05. The van der Waals surface area contributed by atoms with E-state index in [1.54, 1.807) is 0 Å². The maximum absolute atomic E-state index is 9.38. The van der Waals surface area contributed by atoms with Gasteiger partial charge in [-0.15, -0.1) is 5.10 Å². The van der Waals surface area contributed by atoms with Gasteiger partial charge in [0.15, 0.2) is 0 Å². The van der Waals surface area contributed by atoms with E-state index in [0.29, 0.717) is 10.7 Å². The predicted octanol–water partition coefficient (Wildman–Crippen LogP) is 3.28. The molecule has 0 atom stereocenters. The van der Waals surface area contributed by atoms with Crippen molar-refractivity contribution in [1.82, 2.24) is 15.0 Å². The molecule has 2 rings (SSSR count). The minimum atomic E-state index is -0.105. The van der Waals surface area contributed by atoms with Crippen LogP contribution in [0, 0.1) is 0 Å². The first-order valence-corrected chi connectivity index (χ1v) is 6.93. The number of hydrogen-bond acceptors (Lipinski definition) is 3. The van der Waals surface area contributed by atoms with Crippen molar-refractivity contribution in [3.05, 3.63) is 35.0 Å². The summed E-state index contributed by atoms with van der Waals surface area (Å²) in [5.74, 6) is 0. The van der Waals surface area contributed by atoms with Gasteiger partial charge in [0.2, 0.25) is 0 Å². The third-order valence-corrected chi connectivity index (χ3v) is 3.30. The van der Waals surface area contributed by atoms with Crippen molar-refractivity contribution < 1.29 is 5.11 Å². The van der Waals surface area contributed by atoms with Crippen LogP contribution < -0.4 is 0 Å². The van der Waals surface area contributed by atoms with Crippen LogP contribution >= 0.6 is 11.6 Å². The van der Waals surface area contributed by atoms with Crippen LogP contribution in [0.2, 0.25) is 5.02 Å². The largest absolute Gasteiger partial charge is 0.390 e. The standard InChI is InChI=1S/C14H18ClN3O/c1-2-3-4-9-18-14(13(10-19)16-17-18)11-5-7-12(15)8-6-11/h5-8,19H,2-4,9-10H2,1H3. The Balaban J connectivity index is 2.30. The van der Waals surface area contributed by atoms with Gasteiger partial charge in [-0.3, -0.25) is 0 Å². The Kier molecular flexibility index (Phi) is 4.93. The van der Waals surface area contributed by atoms with Crippen molar-refractivity contribution in [3.8, 4) is 11.3 Å². The highest BCUT2D eigenvalue weighted by atomic mass is 35.5. The Morgan fingerprint density at radius 1 is 1.21 bits per heavy atom. The molecule has 0 fully saturated rings. The molecule has 0 radical (unpaired) electrons. The number of aliphatic hydroxyl groups excluding tert-OH is 1. The summed E-state index contributed by atoms with van der Waals surface area (Å²) in [6.07, 6.45) is 3.39. The lowest BCUT2D eigenvalue weighted by atomic mass is 10.1. The van der Waals surface area contributed by atoms with E-state index in [1.807, 2.05) is 28.9 Å². The molecule has 0 aliphatic carbocycles. The fraction of sp³-hybridized carbons (Fsp3) is 0.429. The number of unbranched alkanes of at least 4 members (excludes halogenated alkanes) is 2. The Hall–Kier alpha value is -1.39. The molecule has 0 saturated heterocycles. The zero-order chi connectivity index (χ0) is 13.7. The van der Waals surface area contributed by atoms with Gasteiger partial charge in [0.1, 0.15) is 5.69 Å². The molecular weight excluding hydrogens is 262 g/mol. The van der Waals surface area contributed by atoms with Crippen LogP contribution in [-0.2, 0) is 13.2 Å². The number of aliphatic hydroxyl groups is 1. The average Bonchev–Trinajstić information content (AvgIpc) is 2.83. The summed E-state index contributed by atoms with van der Waals surface area (Å²) in [5.41, 5.74) is 2.48. The number of halogens is 1. The zero-order valence-corrected chi connectivity index (χ0v) is 11.8. The molecule has 1 N–H and O–H groups in total. The van der Waals surface area contributed by atoms with Crippen molar-refractivity contribution >= 4 is 11.6 Å². The maximum Gasteiger partial charge on any atom is 0.116 e. The summed E-state index contributed by atoms with van der Waals surface area (Å²) in [6, 6.07) is 7.52. The lowest BCUT2D eigenvalue weighted by Crippen LogP contribution is -2.03. The highest BCUT2D eigenvalue weighted by molar-refractivity contribution is 6.30. The topological polar surface area (TPSA) is 50.9 Å². The molecule has 0 aliphatic rings. The Bertz CT molecular complexity index is 522. The van der Waals surface area contributed by atoms with E-state index in [-0.39, 0.29) is 6.61 Å². The van der Waals surface area contributed by atoms with Crippen LogP contribution in [0.4, 0.5) is 0 Å². The van der Waals surface area contributed by atoms with Gasteiger partial charge in [0.25, 0.3) is 0 Å². The number of aryl methyl sites for hydroxylation is 1. The van der Waals surface area contributed by atoms with E-state index in [0.717, 1.165) is 37.1 Å². The molecule has 19 heavy (non-hydrogen) atoms. The normalized spacial score (nSPS) is 10.9. The lowest BCUT2D eigenvalue weighted by Gasteiger charge is -2.07. The summed E-state index contributed by atoms with van der Waals surface area (Å²) in [4.78, 5) is 0. The molecule has 0 amide bonds. The number of hydrogen-bond donors (Lipinski definition) is 1. The van der Waals surface area contributed by atoms with Gasteiger partial charge < -0.3 is 5.11 Å². The first-order chi connectivity index (χ1) is 9.26. The number of aromatic nitrogens is 3. The van der Waals surface area contributed by atoms with E-state index in [1.165, 1.54) is 0 Å². The van der Waals surface area contributed by atoms with E-state index in [2.05, 4.69) is 17.2 Å². The predicted molar refractivity (Wildman–Crippen MR) is 75.9 cm³/mol. The number of rotatable bonds is 6. The molecular formula is C14H18ClN3O. The summed E-state index contributed by atoms with van der Waals surface area (Å²) >= 11 is 5.90. The second-order valence-corrected chi connectivity index (χ2v) is 4.92. The molecule has 102 valence electrons. The quantitative estimate of drug-likeness (QED) is 0.826. The van der Waals surface area contributed by atoms with Crippen molar-refractivity contribution in [2.45, 2.75) is 39.3 Å². The van der Waals surface area contributed by atoms with Gasteiger partial charge in [0.05, 0.1) is 12.3 Å². The SMILES string of the molecule is CCCCCn1nnc(CO)c1-c1ccc(Cl)cc1. The fourth-order valence-corrected chi connectivity index (χ4v) is 2.17. The number of nitrogens with zero attached hydrogens (tertiary/aromatic N) is 3. The molecule has 0 aliphatic heterocycles. The fourth-order valence-electron chi connectivity index (χ4n) is 2.05. The van der Waals surface area contributed by atoms with Gasteiger partial charge in [-0.25, -0.2) is 4.68 Å². The Morgan fingerprint density at radius 2 is 1.95 bits per heavy atom. The Morgan fingerprint density at radius 3 is 2.58 bits per heavy atom. The van der Waals surface area contributed by atoms with E-state index >= 15 is 0 Å². The van der Waals surface area contributed by atoms with Crippen LogP contribution in [0.15, 0.2) is 24.3 Å². The minimum Gasteiger partial charge on any atom is -0.390 e. The molecule has 1 heterocycles. The molecule has 0 bridgehead atoms. The van der Waals surface area contributed by atoms with E-state index < -0.39 is 0 Å². The smallest absolute Gasteiger partial charge is 0.116 e. The van der Waals surface area contributed by atoms with Crippen LogP contribution in [0.5, 0.6) is 0 Å². The first-order valence-electron chi connectivity index (χ1n) is 6.55. The molecule has 0 saturated carbocycles. The van der Waals surface area contributed by atoms with Gasteiger partial charge >= 0.3 is 0 Å². The highest BCUT2D eigenvalue weighted by Crippen LogP contribution is 2.24. The minimum absolute atomic E-state index is 0.105.